The van der Waals surface area contributed by atoms with Crippen molar-refractivity contribution in [3.05, 3.63) is 0 Å². The maximum absolute atomic E-state index is 12.4. The Kier molecular flexibility index (Phi) is 4.17. The Labute approximate surface area is 96.2 Å². The lowest BCUT2D eigenvalue weighted by Gasteiger charge is -2.31. The average Bonchev–Trinajstić information content (AvgIpc) is 2.15. The van der Waals surface area contributed by atoms with Gasteiger partial charge in [-0.15, -0.1) is 0 Å². The minimum Gasteiger partial charge on any atom is -0.480 e. The van der Waals surface area contributed by atoms with E-state index in [1.165, 1.54) is 6.92 Å². The first kappa shape index (κ1) is 15.7. The number of amides is 1. The molecule has 0 aliphatic carbocycles. The first-order valence-corrected chi connectivity index (χ1v) is 4.80. The van der Waals surface area contributed by atoms with E-state index in [0.717, 1.165) is 6.92 Å². The summed E-state index contributed by atoms with van der Waals surface area (Å²) in [4.78, 5) is 22.2. The lowest BCUT2D eigenvalue weighted by Crippen LogP contribution is -2.66. The van der Waals surface area contributed by atoms with Gasteiger partial charge >= 0.3 is 12.1 Å². The summed E-state index contributed by atoms with van der Waals surface area (Å²) in [6, 6.07) is 0. The molecule has 0 aliphatic heterocycles. The summed E-state index contributed by atoms with van der Waals surface area (Å²) in [5.74, 6) is -3.00. The van der Waals surface area contributed by atoms with E-state index in [1.807, 2.05) is 0 Å². The van der Waals surface area contributed by atoms with Gasteiger partial charge in [-0.2, -0.15) is 13.2 Å². The van der Waals surface area contributed by atoms with Gasteiger partial charge in [-0.1, -0.05) is 6.92 Å². The zero-order chi connectivity index (χ0) is 14.1. The van der Waals surface area contributed by atoms with Gasteiger partial charge in [0, 0.05) is 0 Å². The van der Waals surface area contributed by atoms with Crippen molar-refractivity contribution in [1.29, 1.82) is 0 Å². The standard InChI is InChI=1S/C9H15F3N2O3/c1-4-7(2,6(16)17)14-5(15)8(3,13)9(10,11)12/h4,13H2,1-3H3,(H,14,15)(H,16,17). The highest BCUT2D eigenvalue weighted by atomic mass is 19.4. The zero-order valence-electron chi connectivity index (χ0n) is 9.68. The number of carbonyl (C=O) groups is 2. The molecular weight excluding hydrogens is 241 g/mol. The van der Waals surface area contributed by atoms with Crippen molar-refractivity contribution in [2.24, 2.45) is 5.73 Å². The molecule has 0 radical (unpaired) electrons. The summed E-state index contributed by atoms with van der Waals surface area (Å²) in [5, 5.41) is 10.6. The van der Waals surface area contributed by atoms with Crippen molar-refractivity contribution < 1.29 is 27.9 Å². The molecule has 0 saturated heterocycles. The summed E-state index contributed by atoms with van der Waals surface area (Å²) >= 11 is 0. The number of hydrogen-bond donors (Lipinski definition) is 3. The molecule has 17 heavy (non-hydrogen) atoms. The number of alkyl halides is 3. The normalized spacial score (nSPS) is 19.0. The Balaban J connectivity index is 5.06. The molecule has 100 valence electrons. The number of hydrogen-bond acceptors (Lipinski definition) is 3. The highest BCUT2D eigenvalue weighted by Crippen LogP contribution is 2.28. The SMILES string of the molecule is CCC(C)(NC(=O)C(C)(N)C(F)(F)F)C(=O)O. The Morgan fingerprint density at radius 3 is 1.94 bits per heavy atom. The lowest BCUT2D eigenvalue weighted by atomic mass is 9.95. The van der Waals surface area contributed by atoms with Crippen LogP contribution in [0.3, 0.4) is 0 Å². The fraction of sp³-hybridized carbons (Fsp3) is 0.778. The molecule has 0 aromatic rings. The van der Waals surface area contributed by atoms with Crippen LogP contribution in [0.5, 0.6) is 0 Å². The van der Waals surface area contributed by atoms with Crippen molar-refractivity contribution >= 4 is 11.9 Å². The molecule has 2 unspecified atom stereocenters. The predicted octanol–water partition coefficient (Wildman–Crippen LogP) is 0.636. The number of rotatable bonds is 4. The molecule has 8 heteroatoms. The van der Waals surface area contributed by atoms with E-state index in [1.54, 1.807) is 5.32 Å². The Hall–Kier alpha value is -1.31. The van der Waals surface area contributed by atoms with Crippen molar-refractivity contribution in [3.63, 3.8) is 0 Å². The van der Waals surface area contributed by atoms with E-state index >= 15 is 0 Å². The fourth-order valence-electron chi connectivity index (χ4n) is 0.802. The maximum Gasteiger partial charge on any atom is 0.415 e. The summed E-state index contributed by atoms with van der Waals surface area (Å²) in [6.45, 7) is 3.02. The number of halogens is 3. The Morgan fingerprint density at radius 2 is 1.71 bits per heavy atom. The first-order chi connectivity index (χ1) is 7.38. The topological polar surface area (TPSA) is 92.4 Å². The molecule has 0 aromatic carbocycles. The second-order valence-corrected chi connectivity index (χ2v) is 4.15. The number of carbonyl (C=O) groups excluding carboxylic acids is 1. The fourth-order valence-corrected chi connectivity index (χ4v) is 0.802. The average molecular weight is 256 g/mol. The number of aliphatic carboxylic acids is 1. The smallest absolute Gasteiger partial charge is 0.415 e. The van der Waals surface area contributed by atoms with E-state index < -0.39 is 29.1 Å². The molecule has 0 heterocycles. The van der Waals surface area contributed by atoms with Crippen LogP contribution < -0.4 is 11.1 Å². The van der Waals surface area contributed by atoms with Gasteiger partial charge in [-0.3, -0.25) is 4.79 Å². The van der Waals surface area contributed by atoms with Gasteiger partial charge in [0.15, 0.2) is 5.54 Å². The number of carboxylic acids is 1. The molecule has 1 amide bonds. The van der Waals surface area contributed by atoms with Crippen LogP contribution in [0.1, 0.15) is 27.2 Å². The van der Waals surface area contributed by atoms with Gasteiger partial charge in [0.1, 0.15) is 5.54 Å². The molecule has 0 fully saturated rings. The van der Waals surface area contributed by atoms with Crippen LogP contribution in [-0.2, 0) is 9.59 Å². The lowest BCUT2D eigenvalue weighted by molar-refractivity contribution is -0.189. The van der Waals surface area contributed by atoms with Crippen LogP contribution >= 0.6 is 0 Å². The predicted molar refractivity (Wildman–Crippen MR) is 53.1 cm³/mol. The molecule has 0 aliphatic rings. The largest absolute Gasteiger partial charge is 0.480 e. The summed E-state index contributed by atoms with van der Waals surface area (Å²) < 4.78 is 37.3. The number of nitrogens with two attached hydrogens (primary N) is 1. The van der Waals surface area contributed by atoms with E-state index in [9.17, 15) is 22.8 Å². The van der Waals surface area contributed by atoms with E-state index in [-0.39, 0.29) is 6.42 Å². The van der Waals surface area contributed by atoms with Crippen LogP contribution in [0.2, 0.25) is 0 Å². The van der Waals surface area contributed by atoms with Crippen LogP contribution in [0.4, 0.5) is 13.2 Å². The van der Waals surface area contributed by atoms with Crippen LogP contribution in [-0.4, -0.2) is 34.2 Å². The van der Waals surface area contributed by atoms with Crippen molar-refractivity contribution in [2.45, 2.75) is 44.4 Å². The van der Waals surface area contributed by atoms with Crippen LogP contribution in [0, 0.1) is 0 Å². The second kappa shape index (κ2) is 4.52. The van der Waals surface area contributed by atoms with Crippen LogP contribution in [0.25, 0.3) is 0 Å². The summed E-state index contributed by atoms with van der Waals surface area (Å²) in [5.41, 5.74) is -0.0316. The summed E-state index contributed by atoms with van der Waals surface area (Å²) in [7, 11) is 0. The molecule has 0 saturated carbocycles. The maximum atomic E-state index is 12.4. The molecule has 0 rings (SSSR count). The third-order valence-corrected chi connectivity index (χ3v) is 2.63. The van der Waals surface area contributed by atoms with E-state index in [2.05, 4.69) is 0 Å². The molecular formula is C9H15F3N2O3. The van der Waals surface area contributed by atoms with E-state index in [4.69, 9.17) is 10.8 Å². The van der Waals surface area contributed by atoms with Crippen molar-refractivity contribution in [2.75, 3.05) is 0 Å². The van der Waals surface area contributed by atoms with E-state index in [0.29, 0.717) is 6.92 Å². The van der Waals surface area contributed by atoms with Gasteiger partial charge in [0.2, 0.25) is 5.91 Å². The molecule has 2 atom stereocenters. The second-order valence-electron chi connectivity index (χ2n) is 4.15. The first-order valence-electron chi connectivity index (χ1n) is 4.80. The molecule has 4 N–H and O–H groups in total. The van der Waals surface area contributed by atoms with Gasteiger partial charge in [-0.05, 0) is 20.3 Å². The number of carboxylic acid groups (broad SMARTS) is 1. The third-order valence-electron chi connectivity index (χ3n) is 2.63. The van der Waals surface area contributed by atoms with Crippen molar-refractivity contribution in [3.8, 4) is 0 Å². The van der Waals surface area contributed by atoms with Gasteiger partial charge < -0.3 is 16.2 Å². The monoisotopic (exact) mass is 256 g/mol. The minimum absolute atomic E-state index is 0.0674. The van der Waals surface area contributed by atoms with Crippen LogP contribution in [0.15, 0.2) is 0 Å². The Bertz CT molecular complexity index is 328. The quantitative estimate of drug-likeness (QED) is 0.688. The highest BCUT2D eigenvalue weighted by molar-refractivity contribution is 5.92. The number of nitrogens with one attached hydrogen (secondary N) is 1. The molecule has 0 spiro atoms. The molecule has 5 nitrogen and oxygen atoms in total. The third kappa shape index (κ3) is 3.09. The van der Waals surface area contributed by atoms with Gasteiger partial charge in [-0.25, -0.2) is 4.79 Å². The van der Waals surface area contributed by atoms with Gasteiger partial charge in [0.25, 0.3) is 0 Å². The molecule has 0 aromatic heterocycles. The van der Waals surface area contributed by atoms with Gasteiger partial charge in [0.05, 0.1) is 0 Å². The zero-order valence-corrected chi connectivity index (χ0v) is 9.68. The molecule has 0 bridgehead atoms. The summed E-state index contributed by atoms with van der Waals surface area (Å²) in [6.07, 6.45) is -5.02. The highest BCUT2D eigenvalue weighted by Gasteiger charge is 2.55. The minimum atomic E-state index is -4.95. The Morgan fingerprint density at radius 1 is 1.29 bits per heavy atom. The van der Waals surface area contributed by atoms with Crippen molar-refractivity contribution in [1.82, 2.24) is 5.32 Å².